The fourth-order valence-electron chi connectivity index (χ4n) is 2.50. The number of guanidine groups is 1. The Kier molecular flexibility index (Phi) is 6.35. The minimum Gasteiger partial charge on any atom is -0.370 e. The Morgan fingerprint density at radius 3 is 2.50 bits per heavy atom. The van der Waals surface area contributed by atoms with E-state index in [0.717, 1.165) is 31.9 Å². The van der Waals surface area contributed by atoms with E-state index in [1.165, 1.54) is 12.1 Å². The molecule has 1 aromatic carbocycles. The summed E-state index contributed by atoms with van der Waals surface area (Å²) in [7, 11) is 0. The van der Waals surface area contributed by atoms with Gasteiger partial charge in [-0.3, -0.25) is 0 Å². The second-order valence-corrected chi connectivity index (χ2v) is 5.36. The van der Waals surface area contributed by atoms with E-state index in [1.807, 2.05) is 4.90 Å². The lowest BCUT2D eigenvalue weighted by molar-refractivity contribution is 0.368. The number of benzene rings is 1. The maximum Gasteiger partial charge on any atom is 0.248 e. The van der Waals surface area contributed by atoms with Crippen LogP contribution in [0.25, 0.3) is 0 Å². The van der Waals surface area contributed by atoms with Crippen molar-refractivity contribution in [1.82, 2.24) is 15.0 Å². The molecule has 2 heterocycles. The van der Waals surface area contributed by atoms with Crippen LogP contribution in [0.2, 0.25) is 0 Å². The molecule has 0 atom stereocenters. The Balaban J connectivity index is 0.00000208. The summed E-state index contributed by atoms with van der Waals surface area (Å²) in [6, 6.07) is 6.54. The number of hydrogen-bond donors (Lipinski definition) is 1. The molecule has 24 heavy (non-hydrogen) atoms. The van der Waals surface area contributed by atoms with Crippen molar-refractivity contribution in [1.29, 1.82) is 0 Å². The minimum absolute atomic E-state index is 0. The maximum atomic E-state index is 13.0. The van der Waals surface area contributed by atoms with Crippen molar-refractivity contribution in [3.63, 3.8) is 0 Å². The first-order valence-electron chi connectivity index (χ1n) is 7.46. The van der Waals surface area contributed by atoms with E-state index >= 15 is 0 Å². The quantitative estimate of drug-likeness (QED) is 0.440. The molecule has 1 aromatic heterocycles. The molecule has 2 aromatic rings. The van der Waals surface area contributed by atoms with Crippen LogP contribution in [0.4, 0.5) is 10.1 Å². The molecule has 1 saturated heterocycles. The van der Waals surface area contributed by atoms with Crippen molar-refractivity contribution in [2.24, 2.45) is 10.7 Å². The number of nitrogens with zero attached hydrogens (tertiary/aromatic N) is 5. The molecular formula is C15H20FIN6O. The zero-order chi connectivity index (χ0) is 16.2. The van der Waals surface area contributed by atoms with Gasteiger partial charge in [-0.05, 0) is 31.2 Å². The summed E-state index contributed by atoms with van der Waals surface area (Å²) in [4.78, 5) is 12.6. The molecule has 0 spiro atoms. The van der Waals surface area contributed by atoms with Gasteiger partial charge in [0.25, 0.3) is 0 Å². The van der Waals surface area contributed by atoms with Crippen molar-refractivity contribution in [2.75, 3.05) is 31.1 Å². The minimum atomic E-state index is -0.222. The highest BCUT2D eigenvalue weighted by Gasteiger charge is 2.18. The number of aromatic nitrogens is 2. The third kappa shape index (κ3) is 4.56. The fraction of sp³-hybridized carbons (Fsp3) is 0.400. The number of hydrogen-bond acceptors (Lipinski definition) is 5. The fourth-order valence-corrected chi connectivity index (χ4v) is 2.50. The van der Waals surface area contributed by atoms with Crippen LogP contribution in [0.3, 0.4) is 0 Å². The van der Waals surface area contributed by atoms with Crippen LogP contribution in [-0.2, 0) is 6.54 Å². The number of nitrogens with two attached hydrogens (primary N) is 1. The normalized spacial score (nSPS) is 15.3. The summed E-state index contributed by atoms with van der Waals surface area (Å²) >= 11 is 0. The van der Waals surface area contributed by atoms with Gasteiger partial charge in [-0.2, -0.15) is 4.98 Å². The van der Waals surface area contributed by atoms with Crippen LogP contribution in [0.5, 0.6) is 0 Å². The number of anilines is 1. The molecule has 1 aliphatic heterocycles. The summed E-state index contributed by atoms with van der Waals surface area (Å²) in [6.07, 6.45) is 0. The summed E-state index contributed by atoms with van der Waals surface area (Å²) in [5.74, 6) is 1.29. The van der Waals surface area contributed by atoms with Crippen LogP contribution in [-0.4, -0.2) is 47.2 Å². The molecule has 1 fully saturated rings. The number of aryl methyl sites for hydroxylation is 1. The second-order valence-electron chi connectivity index (χ2n) is 5.36. The Bertz CT molecular complexity index is 682. The van der Waals surface area contributed by atoms with Gasteiger partial charge < -0.3 is 20.1 Å². The van der Waals surface area contributed by atoms with Crippen molar-refractivity contribution in [3.05, 3.63) is 41.8 Å². The molecule has 0 bridgehead atoms. The van der Waals surface area contributed by atoms with Crippen LogP contribution in [0.1, 0.15) is 11.7 Å². The molecule has 2 N–H and O–H groups in total. The lowest BCUT2D eigenvalue weighted by Crippen LogP contribution is -2.51. The average Bonchev–Trinajstić information content (AvgIpc) is 2.99. The monoisotopic (exact) mass is 446 g/mol. The van der Waals surface area contributed by atoms with Crippen LogP contribution < -0.4 is 10.6 Å². The van der Waals surface area contributed by atoms with Crippen LogP contribution >= 0.6 is 24.0 Å². The van der Waals surface area contributed by atoms with Gasteiger partial charge in [0.15, 0.2) is 11.8 Å². The zero-order valence-electron chi connectivity index (χ0n) is 13.4. The lowest BCUT2D eigenvalue weighted by Gasteiger charge is -2.36. The van der Waals surface area contributed by atoms with Gasteiger partial charge in [0.2, 0.25) is 5.89 Å². The van der Waals surface area contributed by atoms with E-state index in [9.17, 15) is 4.39 Å². The van der Waals surface area contributed by atoms with Gasteiger partial charge in [0.1, 0.15) is 12.4 Å². The van der Waals surface area contributed by atoms with Gasteiger partial charge in [-0.1, -0.05) is 5.16 Å². The Labute approximate surface area is 156 Å². The molecule has 0 aliphatic carbocycles. The first kappa shape index (κ1) is 18.4. The predicted octanol–water partition coefficient (Wildman–Crippen LogP) is 1.77. The maximum absolute atomic E-state index is 13.0. The molecule has 0 amide bonds. The Hall–Kier alpha value is -1.91. The van der Waals surface area contributed by atoms with Gasteiger partial charge in [-0.25, -0.2) is 9.38 Å². The molecule has 9 heteroatoms. The summed E-state index contributed by atoms with van der Waals surface area (Å²) < 4.78 is 18.0. The standard InChI is InChI=1S/C15H19FN6O.HI/c1-11-19-14(23-20-11)10-18-15(17)22-8-6-21(7-9-22)13-4-2-12(16)3-5-13;/h2-5H,6-10H2,1H3,(H2,17,18);1H. The average molecular weight is 446 g/mol. The molecular weight excluding hydrogens is 426 g/mol. The van der Waals surface area contributed by atoms with E-state index in [4.69, 9.17) is 10.3 Å². The molecule has 0 unspecified atom stereocenters. The first-order chi connectivity index (χ1) is 11.1. The third-order valence-electron chi connectivity index (χ3n) is 3.74. The summed E-state index contributed by atoms with van der Waals surface area (Å²) in [5.41, 5.74) is 7.04. The number of rotatable bonds is 3. The van der Waals surface area contributed by atoms with Crippen LogP contribution in [0, 0.1) is 12.7 Å². The van der Waals surface area contributed by atoms with Gasteiger partial charge in [-0.15, -0.1) is 24.0 Å². The van der Waals surface area contributed by atoms with E-state index < -0.39 is 0 Å². The molecule has 0 saturated carbocycles. The van der Waals surface area contributed by atoms with Gasteiger partial charge in [0, 0.05) is 31.9 Å². The topological polar surface area (TPSA) is 83.8 Å². The number of aliphatic imine (C=N–C) groups is 1. The van der Waals surface area contributed by atoms with Crippen molar-refractivity contribution in [2.45, 2.75) is 13.5 Å². The van der Waals surface area contributed by atoms with Crippen molar-refractivity contribution in [3.8, 4) is 0 Å². The van der Waals surface area contributed by atoms with E-state index in [2.05, 4.69) is 20.0 Å². The predicted molar refractivity (Wildman–Crippen MR) is 100.0 cm³/mol. The second kappa shape index (κ2) is 8.27. The van der Waals surface area contributed by atoms with E-state index in [1.54, 1.807) is 19.1 Å². The first-order valence-corrected chi connectivity index (χ1v) is 7.46. The van der Waals surface area contributed by atoms with Crippen molar-refractivity contribution < 1.29 is 8.91 Å². The molecule has 0 radical (unpaired) electrons. The summed E-state index contributed by atoms with van der Waals surface area (Å²) in [5, 5.41) is 3.71. The Morgan fingerprint density at radius 1 is 1.25 bits per heavy atom. The summed E-state index contributed by atoms with van der Waals surface area (Å²) in [6.45, 7) is 5.17. The third-order valence-corrected chi connectivity index (χ3v) is 3.74. The highest BCUT2D eigenvalue weighted by Crippen LogP contribution is 2.16. The van der Waals surface area contributed by atoms with Crippen LogP contribution in [0.15, 0.2) is 33.8 Å². The van der Waals surface area contributed by atoms with E-state index in [-0.39, 0.29) is 36.3 Å². The van der Waals surface area contributed by atoms with E-state index in [0.29, 0.717) is 17.7 Å². The highest BCUT2D eigenvalue weighted by molar-refractivity contribution is 14.0. The molecule has 130 valence electrons. The highest BCUT2D eigenvalue weighted by atomic mass is 127. The number of halogens is 2. The van der Waals surface area contributed by atoms with Gasteiger partial charge in [0.05, 0.1) is 0 Å². The molecule has 7 nitrogen and oxygen atoms in total. The lowest BCUT2D eigenvalue weighted by atomic mass is 10.2. The van der Waals surface area contributed by atoms with Crippen molar-refractivity contribution >= 4 is 35.6 Å². The molecule has 1 aliphatic rings. The molecule has 3 rings (SSSR count). The number of piperazine rings is 1. The van der Waals surface area contributed by atoms with Gasteiger partial charge >= 0.3 is 0 Å². The SMILES string of the molecule is Cc1noc(CN=C(N)N2CCN(c3ccc(F)cc3)CC2)n1.I. The largest absolute Gasteiger partial charge is 0.370 e. The zero-order valence-corrected chi connectivity index (χ0v) is 15.7. The Morgan fingerprint density at radius 2 is 1.92 bits per heavy atom. The smallest absolute Gasteiger partial charge is 0.248 e.